The molecular weight excluding hydrogens is 414 g/mol. The van der Waals surface area contributed by atoms with Gasteiger partial charge >= 0.3 is 0 Å². The third-order valence-electron chi connectivity index (χ3n) is 3.83. The summed E-state index contributed by atoms with van der Waals surface area (Å²) in [5, 5.41) is 16.7. The molecule has 0 fully saturated rings. The maximum absolute atomic E-state index is 13.1. The molecule has 1 aromatic heterocycles. The number of ether oxygens (including phenoxy) is 1. The van der Waals surface area contributed by atoms with Crippen molar-refractivity contribution in [2.75, 3.05) is 17.2 Å². The number of hydrogen-bond donors (Lipinski definition) is 0. The second kappa shape index (κ2) is 10.4. The number of thioether (sulfide) groups is 1. The topological polar surface area (TPSA) is 92.2 Å². The molecule has 1 heterocycles. The summed E-state index contributed by atoms with van der Waals surface area (Å²) in [7, 11) is 0. The molecule has 0 saturated heterocycles. The molecular formula is C20H16F2N4O3S. The highest BCUT2D eigenvalue weighted by molar-refractivity contribution is 7.99. The zero-order valence-electron chi connectivity index (χ0n) is 15.6. The lowest BCUT2D eigenvalue weighted by Gasteiger charge is -2.21. The minimum atomic E-state index is -0.415. The van der Waals surface area contributed by atoms with Crippen LogP contribution in [0, 0.1) is 23.0 Å². The van der Waals surface area contributed by atoms with Crippen molar-refractivity contribution in [2.45, 2.75) is 18.3 Å². The molecule has 1 amide bonds. The van der Waals surface area contributed by atoms with E-state index in [9.17, 15) is 13.6 Å². The monoisotopic (exact) mass is 430 g/mol. The van der Waals surface area contributed by atoms with E-state index in [1.54, 1.807) is 0 Å². The van der Waals surface area contributed by atoms with Gasteiger partial charge in [-0.05, 0) is 48.5 Å². The highest BCUT2D eigenvalue weighted by atomic mass is 32.2. The Balaban J connectivity index is 1.55. The van der Waals surface area contributed by atoms with Gasteiger partial charge in [-0.2, -0.15) is 5.26 Å². The Morgan fingerprint density at radius 2 is 1.77 bits per heavy atom. The van der Waals surface area contributed by atoms with Crippen LogP contribution in [0.3, 0.4) is 0 Å². The number of nitriles is 1. The molecule has 0 atom stereocenters. The molecule has 3 rings (SSSR count). The molecule has 0 bridgehead atoms. The number of benzene rings is 2. The van der Waals surface area contributed by atoms with Crippen LogP contribution in [0.25, 0.3) is 0 Å². The van der Waals surface area contributed by atoms with E-state index < -0.39 is 5.82 Å². The van der Waals surface area contributed by atoms with E-state index in [0.29, 0.717) is 11.4 Å². The van der Waals surface area contributed by atoms with Crippen molar-refractivity contribution in [1.82, 2.24) is 10.2 Å². The van der Waals surface area contributed by atoms with Gasteiger partial charge in [-0.15, -0.1) is 10.2 Å². The molecule has 0 radical (unpaired) electrons. The van der Waals surface area contributed by atoms with Crippen molar-refractivity contribution >= 4 is 23.4 Å². The molecule has 0 saturated carbocycles. The predicted octanol–water partition coefficient (Wildman–Crippen LogP) is 3.97. The van der Waals surface area contributed by atoms with Gasteiger partial charge in [-0.1, -0.05) is 11.8 Å². The molecule has 0 unspecified atom stereocenters. The van der Waals surface area contributed by atoms with Crippen molar-refractivity contribution in [3.63, 3.8) is 0 Å². The summed E-state index contributed by atoms with van der Waals surface area (Å²) in [6.45, 7) is 0.180. The second-order valence-electron chi connectivity index (χ2n) is 5.92. The Kier molecular flexibility index (Phi) is 7.34. The van der Waals surface area contributed by atoms with Crippen LogP contribution in [0.1, 0.15) is 12.3 Å². The standard InChI is InChI=1S/C20H16F2N4O3S/c21-14-2-6-16(7-3-14)26(11-1-10-23)19(27)13-30-20-25-24-18(29-20)12-28-17-8-4-15(22)5-9-17/h2-9H,1,11-13H2. The first-order valence-corrected chi connectivity index (χ1v) is 9.80. The average molecular weight is 430 g/mol. The third kappa shape index (κ3) is 6.02. The number of rotatable bonds is 9. The molecule has 154 valence electrons. The van der Waals surface area contributed by atoms with Gasteiger partial charge in [-0.25, -0.2) is 8.78 Å². The lowest BCUT2D eigenvalue weighted by Crippen LogP contribution is -2.33. The van der Waals surface area contributed by atoms with Gasteiger partial charge in [-0.3, -0.25) is 4.79 Å². The first kappa shape index (κ1) is 21.3. The lowest BCUT2D eigenvalue weighted by atomic mass is 10.2. The van der Waals surface area contributed by atoms with Crippen LogP contribution in [-0.4, -0.2) is 28.4 Å². The molecule has 7 nitrogen and oxygen atoms in total. The zero-order valence-corrected chi connectivity index (χ0v) is 16.4. The highest BCUT2D eigenvalue weighted by Crippen LogP contribution is 2.21. The van der Waals surface area contributed by atoms with E-state index in [1.165, 1.54) is 53.4 Å². The highest BCUT2D eigenvalue weighted by Gasteiger charge is 2.18. The predicted molar refractivity (Wildman–Crippen MR) is 105 cm³/mol. The Labute approximate surface area is 175 Å². The van der Waals surface area contributed by atoms with E-state index in [4.69, 9.17) is 14.4 Å². The van der Waals surface area contributed by atoms with Crippen LogP contribution >= 0.6 is 11.8 Å². The van der Waals surface area contributed by atoms with Crippen LogP contribution in [0.15, 0.2) is 58.2 Å². The van der Waals surface area contributed by atoms with Gasteiger partial charge in [0, 0.05) is 12.2 Å². The van der Waals surface area contributed by atoms with Crippen molar-refractivity contribution in [3.8, 4) is 11.8 Å². The Morgan fingerprint density at radius 3 is 2.43 bits per heavy atom. The number of hydrogen-bond acceptors (Lipinski definition) is 7. The number of amides is 1. The number of carbonyl (C=O) groups excluding carboxylic acids is 1. The number of carbonyl (C=O) groups is 1. The third-order valence-corrected chi connectivity index (χ3v) is 4.63. The Morgan fingerprint density at radius 1 is 1.10 bits per heavy atom. The largest absolute Gasteiger partial charge is 0.484 e. The molecule has 0 aliphatic rings. The maximum atomic E-state index is 13.1. The summed E-state index contributed by atoms with van der Waals surface area (Å²) < 4.78 is 36.9. The van der Waals surface area contributed by atoms with Crippen molar-refractivity contribution in [1.29, 1.82) is 5.26 Å². The lowest BCUT2D eigenvalue weighted by molar-refractivity contribution is -0.116. The number of nitrogens with zero attached hydrogens (tertiary/aromatic N) is 4. The molecule has 3 aromatic rings. The molecule has 0 spiro atoms. The molecule has 0 aliphatic carbocycles. The molecule has 10 heteroatoms. The van der Waals surface area contributed by atoms with Gasteiger partial charge in [0.1, 0.15) is 17.4 Å². The average Bonchev–Trinajstić information content (AvgIpc) is 3.21. The Hall–Kier alpha value is -3.45. The number of aromatic nitrogens is 2. The summed E-state index contributed by atoms with van der Waals surface area (Å²) >= 11 is 1.04. The van der Waals surface area contributed by atoms with Gasteiger partial charge in [0.15, 0.2) is 6.61 Å². The van der Waals surface area contributed by atoms with Gasteiger partial charge in [0.05, 0.1) is 18.2 Å². The summed E-state index contributed by atoms with van der Waals surface area (Å²) in [6.07, 6.45) is 0.138. The minimum absolute atomic E-state index is 0.00296. The summed E-state index contributed by atoms with van der Waals surface area (Å²) in [5.74, 6) is -0.428. The van der Waals surface area contributed by atoms with Gasteiger partial charge in [0.25, 0.3) is 11.1 Å². The molecule has 2 aromatic carbocycles. The van der Waals surface area contributed by atoms with Crippen molar-refractivity contribution in [2.24, 2.45) is 0 Å². The van der Waals surface area contributed by atoms with Gasteiger partial charge < -0.3 is 14.1 Å². The number of halogens is 2. The molecule has 0 N–H and O–H groups in total. The first-order valence-electron chi connectivity index (χ1n) is 8.81. The summed E-state index contributed by atoms with van der Waals surface area (Å²) in [6, 6.07) is 13.0. The van der Waals surface area contributed by atoms with Crippen LogP contribution in [0.4, 0.5) is 14.5 Å². The number of anilines is 1. The zero-order chi connectivity index (χ0) is 21.3. The first-order chi connectivity index (χ1) is 14.5. The fourth-order valence-corrected chi connectivity index (χ4v) is 3.07. The fraction of sp³-hybridized carbons (Fsp3) is 0.200. The van der Waals surface area contributed by atoms with Gasteiger partial charge in [0.2, 0.25) is 5.91 Å². The fourth-order valence-electron chi connectivity index (χ4n) is 2.41. The maximum Gasteiger partial charge on any atom is 0.277 e. The Bertz CT molecular complexity index is 1020. The minimum Gasteiger partial charge on any atom is -0.484 e. The van der Waals surface area contributed by atoms with Crippen LogP contribution in [0.5, 0.6) is 5.75 Å². The van der Waals surface area contributed by atoms with E-state index in [1.807, 2.05) is 6.07 Å². The van der Waals surface area contributed by atoms with Crippen molar-refractivity contribution < 1.29 is 22.7 Å². The van der Waals surface area contributed by atoms with E-state index in [-0.39, 0.29) is 48.2 Å². The smallest absolute Gasteiger partial charge is 0.277 e. The van der Waals surface area contributed by atoms with Crippen LogP contribution in [0.2, 0.25) is 0 Å². The van der Waals surface area contributed by atoms with E-state index in [2.05, 4.69) is 10.2 Å². The van der Waals surface area contributed by atoms with E-state index in [0.717, 1.165) is 11.8 Å². The second-order valence-corrected chi connectivity index (χ2v) is 6.85. The van der Waals surface area contributed by atoms with Crippen LogP contribution < -0.4 is 9.64 Å². The SMILES string of the molecule is N#CCCN(C(=O)CSc1nnc(COc2ccc(F)cc2)o1)c1ccc(F)cc1. The quantitative estimate of drug-likeness (QED) is 0.474. The summed E-state index contributed by atoms with van der Waals surface area (Å²) in [5.41, 5.74) is 0.496. The van der Waals surface area contributed by atoms with E-state index >= 15 is 0 Å². The molecule has 30 heavy (non-hydrogen) atoms. The summed E-state index contributed by atoms with van der Waals surface area (Å²) in [4.78, 5) is 14.0. The molecule has 0 aliphatic heterocycles. The normalized spacial score (nSPS) is 10.4. The van der Waals surface area contributed by atoms with Crippen molar-refractivity contribution in [3.05, 3.63) is 66.1 Å². The van der Waals surface area contributed by atoms with Crippen LogP contribution in [-0.2, 0) is 11.4 Å².